The monoisotopic (exact) mass is 509 g/mol. The largest absolute Gasteiger partial charge is 0.495 e. The lowest BCUT2D eigenvalue weighted by molar-refractivity contribution is -0.385. The molecule has 0 aliphatic carbocycles. The van der Waals surface area contributed by atoms with E-state index in [0.717, 1.165) is 21.6 Å². The van der Waals surface area contributed by atoms with Gasteiger partial charge in [-0.2, -0.15) is 0 Å². The molecule has 0 amide bonds. The maximum Gasteiger partial charge on any atom is 0.310 e. The number of hydrogen-bond acceptors (Lipinski definition) is 6. The Morgan fingerprint density at radius 1 is 1.06 bits per heavy atom. The molecule has 0 saturated heterocycles. The Bertz CT molecular complexity index is 942. The lowest BCUT2D eigenvalue weighted by Crippen LogP contribution is -2.22. The average Bonchev–Trinajstić information content (AvgIpc) is 2.72. The number of methoxy groups -OCH3 is 2. The molecule has 7 nitrogen and oxygen atoms in total. The second-order valence-electron chi connectivity index (χ2n) is 8.03. The standard InChI is InChI=1S/C22H28BrNO6Si/c1-27-20-12-16(7-9-19(20)24(25)26)6-8-17-13-18(14-21(28-2)22(17)23)30-15-29-10-11-31(3,4)5/h6-9,12-14H,10-11,15H2,1-5H3. The van der Waals surface area contributed by atoms with Crippen LogP contribution >= 0.6 is 15.9 Å². The fourth-order valence-corrected chi connectivity index (χ4v) is 3.91. The Balaban J connectivity index is 2.16. The molecule has 31 heavy (non-hydrogen) atoms. The number of halogens is 1. The third kappa shape index (κ3) is 7.68. The van der Waals surface area contributed by atoms with Gasteiger partial charge in [0.15, 0.2) is 12.5 Å². The average molecular weight is 510 g/mol. The van der Waals surface area contributed by atoms with Crippen molar-refractivity contribution in [1.82, 2.24) is 0 Å². The van der Waals surface area contributed by atoms with E-state index in [1.807, 2.05) is 18.2 Å². The van der Waals surface area contributed by atoms with Crippen LogP contribution in [0.25, 0.3) is 12.2 Å². The Kier molecular flexibility index (Phi) is 9.09. The maximum atomic E-state index is 11.1. The molecule has 9 heteroatoms. The maximum absolute atomic E-state index is 11.1. The van der Waals surface area contributed by atoms with E-state index in [2.05, 4.69) is 35.6 Å². The van der Waals surface area contributed by atoms with Gasteiger partial charge in [0.05, 0.1) is 23.6 Å². The molecule has 0 aliphatic heterocycles. The summed E-state index contributed by atoms with van der Waals surface area (Å²) >= 11 is 3.55. The molecular weight excluding hydrogens is 482 g/mol. The second kappa shape index (κ2) is 11.3. The number of rotatable bonds is 11. The van der Waals surface area contributed by atoms with Crippen molar-refractivity contribution in [2.45, 2.75) is 25.7 Å². The van der Waals surface area contributed by atoms with Crippen LogP contribution in [-0.4, -0.2) is 40.6 Å². The summed E-state index contributed by atoms with van der Waals surface area (Å²) in [6.07, 6.45) is 3.70. The summed E-state index contributed by atoms with van der Waals surface area (Å²) in [7, 11) is 1.85. The quantitative estimate of drug-likeness (QED) is 0.0890. The number of nitrogens with zero attached hydrogens (tertiary/aromatic N) is 1. The van der Waals surface area contributed by atoms with Gasteiger partial charge in [0.1, 0.15) is 11.5 Å². The van der Waals surface area contributed by atoms with E-state index in [1.165, 1.54) is 13.2 Å². The number of benzene rings is 2. The summed E-state index contributed by atoms with van der Waals surface area (Å²) in [6.45, 7) is 7.75. The molecule has 168 valence electrons. The number of ether oxygens (including phenoxy) is 4. The third-order valence-electron chi connectivity index (χ3n) is 4.42. The lowest BCUT2D eigenvalue weighted by Gasteiger charge is -2.16. The molecule has 0 fully saturated rings. The molecule has 2 aromatic carbocycles. The molecule has 2 rings (SSSR count). The van der Waals surface area contributed by atoms with Crippen LogP contribution in [0.5, 0.6) is 17.2 Å². The predicted octanol–water partition coefficient (Wildman–Crippen LogP) is 6.24. The molecule has 0 bridgehead atoms. The summed E-state index contributed by atoms with van der Waals surface area (Å²) in [5.41, 5.74) is 1.51. The highest BCUT2D eigenvalue weighted by atomic mass is 79.9. The molecule has 0 aromatic heterocycles. The van der Waals surface area contributed by atoms with Crippen molar-refractivity contribution in [3.63, 3.8) is 0 Å². The normalized spacial score (nSPS) is 11.5. The van der Waals surface area contributed by atoms with E-state index in [9.17, 15) is 10.1 Å². The number of nitro benzene ring substituents is 1. The molecule has 0 spiro atoms. The zero-order chi connectivity index (χ0) is 23.0. The van der Waals surface area contributed by atoms with E-state index < -0.39 is 13.0 Å². The summed E-state index contributed by atoms with van der Waals surface area (Å²) < 4.78 is 22.7. The smallest absolute Gasteiger partial charge is 0.310 e. The van der Waals surface area contributed by atoms with E-state index in [-0.39, 0.29) is 18.2 Å². The van der Waals surface area contributed by atoms with E-state index in [4.69, 9.17) is 18.9 Å². The molecule has 0 saturated carbocycles. The fourth-order valence-electron chi connectivity index (χ4n) is 2.63. The van der Waals surface area contributed by atoms with Gasteiger partial charge in [-0.05, 0) is 51.3 Å². The highest BCUT2D eigenvalue weighted by Crippen LogP contribution is 2.35. The highest BCUT2D eigenvalue weighted by Gasteiger charge is 2.15. The fraction of sp³-hybridized carbons (Fsp3) is 0.364. The molecule has 0 N–H and O–H groups in total. The minimum atomic E-state index is -1.14. The van der Waals surface area contributed by atoms with Crippen LogP contribution in [0.15, 0.2) is 34.8 Å². The van der Waals surface area contributed by atoms with Crippen LogP contribution in [0.2, 0.25) is 25.7 Å². The molecule has 0 radical (unpaired) electrons. The molecule has 0 aliphatic rings. The molecular formula is C22H28BrNO6Si. The Labute approximate surface area is 192 Å². The van der Waals surface area contributed by atoms with Crippen LogP contribution in [0, 0.1) is 10.1 Å². The van der Waals surface area contributed by atoms with Crippen LogP contribution in [0.4, 0.5) is 5.69 Å². The van der Waals surface area contributed by atoms with Gasteiger partial charge in [-0.1, -0.05) is 31.8 Å². The van der Waals surface area contributed by atoms with Gasteiger partial charge in [0.2, 0.25) is 0 Å². The van der Waals surface area contributed by atoms with E-state index >= 15 is 0 Å². The lowest BCUT2D eigenvalue weighted by atomic mass is 10.1. The SMILES string of the molecule is COc1cc(C=Cc2cc(OCOCC[Si](C)(C)C)cc(OC)c2Br)ccc1[N+](=O)[O-]. The summed E-state index contributed by atoms with van der Waals surface area (Å²) in [5, 5.41) is 11.1. The van der Waals surface area contributed by atoms with Gasteiger partial charge in [-0.3, -0.25) is 10.1 Å². The number of nitro groups is 1. The Morgan fingerprint density at radius 3 is 2.39 bits per heavy atom. The van der Waals surface area contributed by atoms with Crippen LogP contribution in [0.3, 0.4) is 0 Å². The van der Waals surface area contributed by atoms with Crippen molar-refractivity contribution >= 4 is 41.8 Å². The van der Waals surface area contributed by atoms with Crippen LogP contribution in [0.1, 0.15) is 11.1 Å². The Hall–Kier alpha value is -2.36. The van der Waals surface area contributed by atoms with Crippen molar-refractivity contribution in [2.24, 2.45) is 0 Å². The zero-order valence-corrected chi connectivity index (χ0v) is 21.0. The first-order valence-corrected chi connectivity index (χ1v) is 14.2. The van der Waals surface area contributed by atoms with E-state index in [1.54, 1.807) is 25.3 Å². The van der Waals surface area contributed by atoms with Crippen LogP contribution in [-0.2, 0) is 4.74 Å². The molecule has 0 unspecified atom stereocenters. The van der Waals surface area contributed by atoms with Gasteiger partial charge in [0, 0.05) is 26.8 Å². The minimum absolute atomic E-state index is 0.0768. The van der Waals surface area contributed by atoms with Gasteiger partial charge in [0.25, 0.3) is 0 Å². The van der Waals surface area contributed by atoms with Gasteiger partial charge < -0.3 is 18.9 Å². The second-order valence-corrected chi connectivity index (χ2v) is 14.4. The van der Waals surface area contributed by atoms with Crippen molar-refractivity contribution < 1.29 is 23.9 Å². The summed E-state index contributed by atoms with van der Waals surface area (Å²) in [4.78, 5) is 10.6. The third-order valence-corrected chi connectivity index (χ3v) is 6.97. The summed E-state index contributed by atoms with van der Waals surface area (Å²) in [6, 6.07) is 9.44. The topological polar surface area (TPSA) is 80.1 Å². The first kappa shape index (κ1) is 24.9. The first-order chi connectivity index (χ1) is 14.6. The highest BCUT2D eigenvalue weighted by molar-refractivity contribution is 9.10. The summed E-state index contributed by atoms with van der Waals surface area (Å²) in [5.74, 6) is 1.45. The predicted molar refractivity (Wildman–Crippen MR) is 129 cm³/mol. The van der Waals surface area contributed by atoms with Gasteiger partial charge in [-0.25, -0.2) is 0 Å². The van der Waals surface area contributed by atoms with Crippen molar-refractivity contribution in [2.75, 3.05) is 27.6 Å². The molecule has 2 aromatic rings. The Morgan fingerprint density at radius 2 is 1.77 bits per heavy atom. The first-order valence-electron chi connectivity index (χ1n) is 9.73. The van der Waals surface area contributed by atoms with Gasteiger partial charge >= 0.3 is 5.69 Å². The minimum Gasteiger partial charge on any atom is -0.495 e. The molecule has 0 atom stereocenters. The van der Waals surface area contributed by atoms with Crippen LogP contribution < -0.4 is 14.2 Å². The zero-order valence-electron chi connectivity index (χ0n) is 18.4. The van der Waals surface area contributed by atoms with E-state index in [0.29, 0.717) is 18.1 Å². The molecule has 0 heterocycles. The van der Waals surface area contributed by atoms with Crippen molar-refractivity contribution in [1.29, 1.82) is 0 Å². The number of hydrogen-bond donors (Lipinski definition) is 0. The van der Waals surface area contributed by atoms with Gasteiger partial charge in [-0.15, -0.1) is 0 Å². The van der Waals surface area contributed by atoms with Crippen molar-refractivity contribution in [3.8, 4) is 17.2 Å². The van der Waals surface area contributed by atoms with Crippen molar-refractivity contribution in [3.05, 3.63) is 56.0 Å².